The molecule has 6 heteroatoms. The number of nitrogens with one attached hydrogen (secondary N) is 1. The van der Waals surface area contributed by atoms with Crippen LogP contribution in [0.3, 0.4) is 0 Å². The number of amides is 2. The van der Waals surface area contributed by atoms with E-state index in [2.05, 4.69) is 28.9 Å². The van der Waals surface area contributed by atoms with Crippen LogP contribution in [-0.4, -0.2) is 23.3 Å². The van der Waals surface area contributed by atoms with Gasteiger partial charge in [-0.1, -0.05) is 30.3 Å². The predicted molar refractivity (Wildman–Crippen MR) is 120 cm³/mol. The van der Waals surface area contributed by atoms with Gasteiger partial charge in [0.15, 0.2) is 5.76 Å². The second-order valence-corrected chi connectivity index (χ2v) is 8.37. The molecule has 0 aliphatic carbocycles. The Morgan fingerprint density at radius 1 is 0.968 bits per heavy atom. The van der Waals surface area contributed by atoms with Crippen LogP contribution in [0.15, 0.2) is 88.9 Å². The minimum absolute atomic E-state index is 0.0189. The van der Waals surface area contributed by atoms with Gasteiger partial charge in [0.25, 0.3) is 11.8 Å². The number of fused-ring (bicyclic) bond motifs is 1. The third-order valence-electron chi connectivity index (χ3n) is 5.48. The van der Waals surface area contributed by atoms with E-state index in [1.165, 1.54) is 16.7 Å². The van der Waals surface area contributed by atoms with E-state index in [-0.39, 0.29) is 23.6 Å². The van der Waals surface area contributed by atoms with Crippen LogP contribution in [0.2, 0.25) is 0 Å². The summed E-state index contributed by atoms with van der Waals surface area (Å²) in [6.45, 7) is 0.670. The average Bonchev–Trinajstić information content (AvgIpc) is 3.51. The first kappa shape index (κ1) is 19.3. The van der Waals surface area contributed by atoms with Crippen molar-refractivity contribution in [3.63, 3.8) is 0 Å². The number of rotatable bonds is 4. The molecule has 0 fully saturated rings. The summed E-state index contributed by atoms with van der Waals surface area (Å²) < 4.78 is 5.11. The number of benzene rings is 2. The smallest absolute Gasteiger partial charge is 0.291 e. The third-order valence-corrected chi connectivity index (χ3v) is 6.47. The van der Waals surface area contributed by atoms with Crippen molar-refractivity contribution >= 4 is 28.8 Å². The lowest BCUT2D eigenvalue weighted by molar-refractivity contribution is 0.0696. The van der Waals surface area contributed by atoms with Crippen molar-refractivity contribution in [3.05, 3.63) is 112 Å². The van der Waals surface area contributed by atoms with Crippen molar-refractivity contribution in [3.8, 4) is 0 Å². The van der Waals surface area contributed by atoms with Crippen molar-refractivity contribution in [1.82, 2.24) is 4.90 Å². The summed E-state index contributed by atoms with van der Waals surface area (Å²) in [6.07, 6.45) is 2.32. The molecule has 5 nitrogen and oxygen atoms in total. The van der Waals surface area contributed by atoms with Gasteiger partial charge in [0.1, 0.15) is 0 Å². The van der Waals surface area contributed by atoms with E-state index in [4.69, 9.17) is 4.42 Å². The molecular formula is C25H20N2O3S. The molecule has 1 atom stereocenters. The first-order valence-electron chi connectivity index (χ1n) is 10.1. The molecule has 31 heavy (non-hydrogen) atoms. The number of furan rings is 1. The quantitative estimate of drug-likeness (QED) is 0.475. The fraction of sp³-hybridized carbons (Fsp3) is 0.120. The summed E-state index contributed by atoms with van der Waals surface area (Å²) >= 11 is 1.75. The molecule has 3 heterocycles. The van der Waals surface area contributed by atoms with E-state index in [1.54, 1.807) is 47.7 Å². The zero-order chi connectivity index (χ0) is 21.2. The molecule has 0 bridgehead atoms. The summed E-state index contributed by atoms with van der Waals surface area (Å²) in [5, 5.41) is 4.88. The minimum atomic E-state index is -0.325. The molecule has 1 aliphatic heterocycles. The van der Waals surface area contributed by atoms with Gasteiger partial charge >= 0.3 is 0 Å². The zero-order valence-electron chi connectivity index (χ0n) is 16.7. The lowest BCUT2D eigenvalue weighted by atomic mass is 9.92. The molecule has 0 saturated heterocycles. The number of nitrogens with zero attached hydrogens (tertiary/aromatic N) is 1. The molecule has 154 valence electrons. The van der Waals surface area contributed by atoms with Crippen LogP contribution in [0.1, 0.15) is 43.0 Å². The van der Waals surface area contributed by atoms with Crippen molar-refractivity contribution in [2.45, 2.75) is 12.5 Å². The van der Waals surface area contributed by atoms with Gasteiger partial charge in [-0.15, -0.1) is 11.3 Å². The standard InChI is InChI=1S/C25H20N2O3S/c28-24(21-7-4-15-30-21)26-19-10-8-18(9-11-19)25(29)27-14-12-22-20(13-16-31-22)23(27)17-5-2-1-3-6-17/h1-11,13,15-16,23H,12,14H2,(H,26,28)/t23-/m1/s1. The monoisotopic (exact) mass is 428 g/mol. The highest BCUT2D eigenvalue weighted by molar-refractivity contribution is 7.10. The van der Waals surface area contributed by atoms with Gasteiger partial charge in [-0.05, 0) is 65.4 Å². The fourth-order valence-corrected chi connectivity index (χ4v) is 4.90. The molecule has 0 saturated carbocycles. The van der Waals surface area contributed by atoms with E-state index in [9.17, 15) is 9.59 Å². The van der Waals surface area contributed by atoms with E-state index < -0.39 is 0 Å². The lowest BCUT2D eigenvalue weighted by Crippen LogP contribution is -2.40. The van der Waals surface area contributed by atoms with Gasteiger partial charge in [-0.2, -0.15) is 0 Å². The Morgan fingerprint density at radius 2 is 1.77 bits per heavy atom. The number of hydrogen-bond acceptors (Lipinski definition) is 4. The molecule has 1 N–H and O–H groups in total. The van der Waals surface area contributed by atoms with Crippen molar-refractivity contribution in [2.24, 2.45) is 0 Å². The normalized spacial score (nSPS) is 15.4. The van der Waals surface area contributed by atoms with Crippen LogP contribution < -0.4 is 5.32 Å². The van der Waals surface area contributed by atoms with Crippen LogP contribution in [-0.2, 0) is 6.42 Å². The van der Waals surface area contributed by atoms with Crippen LogP contribution in [0.5, 0.6) is 0 Å². The highest BCUT2D eigenvalue weighted by atomic mass is 32.1. The fourth-order valence-electron chi connectivity index (χ4n) is 3.99. The van der Waals surface area contributed by atoms with E-state index in [0.717, 1.165) is 12.0 Å². The maximum absolute atomic E-state index is 13.5. The number of anilines is 1. The van der Waals surface area contributed by atoms with Gasteiger partial charge in [-0.25, -0.2) is 0 Å². The number of carbonyl (C=O) groups excluding carboxylic acids is 2. The second kappa shape index (κ2) is 8.24. The summed E-state index contributed by atoms with van der Waals surface area (Å²) in [5.74, 6) is -0.102. The first-order valence-corrected chi connectivity index (χ1v) is 11.0. The number of hydrogen-bond donors (Lipinski definition) is 1. The molecule has 2 aromatic heterocycles. The number of carbonyl (C=O) groups is 2. The third kappa shape index (κ3) is 3.78. The molecule has 0 radical (unpaired) electrons. The van der Waals surface area contributed by atoms with E-state index in [1.807, 2.05) is 23.1 Å². The van der Waals surface area contributed by atoms with Crippen molar-refractivity contribution in [2.75, 3.05) is 11.9 Å². The Hall–Kier alpha value is -3.64. The van der Waals surface area contributed by atoms with Crippen LogP contribution in [0.4, 0.5) is 5.69 Å². The minimum Gasteiger partial charge on any atom is -0.459 e. The number of thiophene rings is 1. The van der Waals surface area contributed by atoms with Crippen LogP contribution in [0, 0.1) is 0 Å². The SMILES string of the molecule is O=C(Nc1ccc(C(=O)N2CCc3sccc3[C@H]2c2ccccc2)cc1)c1ccco1. The summed E-state index contributed by atoms with van der Waals surface area (Å²) in [5.41, 5.74) is 3.52. The van der Waals surface area contributed by atoms with Gasteiger partial charge in [0.2, 0.25) is 0 Å². The second-order valence-electron chi connectivity index (χ2n) is 7.37. The summed E-state index contributed by atoms with van der Waals surface area (Å²) in [7, 11) is 0. The van der Waals surface area contributed by atoms with Gasteiger partial charge in [0.05, 0.1) is 12.3 Å². The maximum atomic E-state index is 13.5. The molecule has 0 spiro atoms. The Balaban J connectivity index is 1.39. The van der Waals surface area contributed by atoms with Crippen molar-refractivity contribution < 1.29 is 14.0 Å². The molecular weight excluding hydrogens is 408 g/mol. The summed E-state index contributed by atoms with van der Waals surface area (Å²) in [6, 6.07) is 22.5. The highest BCUT2D eigenvalue weighted by Gasteiger charge is 2.33. The topological polar surface area (TPSA) is 62.6 Å². The predicted octanol–water partition coefficient (Wildman–Crippen LogP) is 5.38. The Labute approximate surface area is 183 Å². The Kier molecular flexibility index (Phi) is 5.14. The van der Waals surface area contributed by atoms with Crippen molar-refractivity contribution in [1.29, 1.82) is 0 Å². The van der Waals surface area contributed by atoms with Gasteiger partial charge in [0, 0.05) is 22.7 Å². The van der Waals surface area contributed by atoms with E-state index in [0.29, 0.717) is 17.8 Å². The Bertz CT molecular complexity index is 1200. The summed E-state index contributed by atoms with van der Waals surface area (Å²) in [4.78, 5) is 28.9. The van der Waals surface area contributed by atoms with Gasteiger partial charge in [-0.3, -0.25) is 9.59 Å². The average molecular weight is 429 g/mol. The lowest BCUT2D eigenvalue weighted by Gasteiger charge is -2.36. The van der Waals surface area contributed by atoms with Crippen LogP contribution in [0.25, 0.3) is 0 Å². The zero-order valence-corrected chi connectivity index (χ0v) is 17.5. The molecule has 1 aliphatic rings. The molecule has 0 unspecified atom stereocenters. The van der Waals surface area contributed by atoms with E-state index >= 15 is 0 Å². The Morgan fingerprint density at radius 3 is 2.52 bits per heavy atom. The highest BCUT2D eigenvalue weighted by Crippen LogP contribution is 2.38. The van der Waals surface area contributed by atoms with Gasteiger partial charge < -0.3 is 14.6 Å². The molecule has 2 amide bonds. The largest absolute Gasteiger partial charge is 0.459 e. The first-order chi connectivity index (χ1) is 15.2. The maximum Gasteiger partial charge on any atom is 0.291 e. The van der Waals surface area contributed by atoms with Crippen LogP contribution >= 0.6 is 11.3 Å². The molecule has 4 aromatic rings. The molecule has 2 aromatic carbocycles. The molecule has 5 rings (SSSR count).